The summed E-state index contributed by atoms with van der Waals surface area (Å²) in [5, 5.41) is 5.83. The van der Waals surface area contributed by atoms with Crippen LogP contribution < -0.4 is 10.7 Å². The van der Waals surface area contributed by atoms with E-state index in [0.717, 1.165) is 25.0 Å². The summed E-state index contributed by atoms with van der Waals surface area (Å²) >= 11 is 0. The van der Waals surface area contributed by atoms with Crippen LogP contribution in [0.1, 0.15) is 31.7 Å². The molecular formula is C15H20FN3O. The summed E-state index contributed by atoms with van der Waals surface area (Å²) in [5.41, 5.74) is 7.76. The number of carbonyl (C=O) groups excluding carboxylic acids is 1. The fourth-order valence-corrected chi connectivity index (χ4v) is 2.50. The largest absolute Gasteiger partial charge is 0.330 e. The van der Waals surface area contributed by atoms with Crippen molar-refractivity contribution in [3.05, 3.63) is 29.6 Å². The fraction of sp³-hybridized carbons (Fsp3) is 0.467. The average Bonchev–Trinajstić information content (AvgIpc) is 2.73. The number of hydrogen-bond donors (Lipinski definition) is 1. The van der Waals surface area contributed by atoms with Gasteiger partial charge in [-0.2, -0.15) is 10.1 Å². The third-order valence-corrected chi connectivity index (χ3v) is 3.58. The first kappa shape index (κ1) is 14.7. The third kappa shape index (κ3) is 2.72. The molecule has 2 N–H and O–H groups in total. The maximum absolute atomic E-state index is 13.2. The van der Waals surface area contributed by atoms with Crippen LogP contribution in [0.25, 0.3) is 0 Å². The molecule has 1 unspecified atom stereocenters. The highest BCUT2D eigenvalue weighted by molar-refractivity contribution is 6.15. The summed E-state index contributed by atoms with van der Waals surface area (Å²) in [6.07, 6.45) is 2.25. The van der Waals surface area contributed by atoms with Crippen molar-refractivity contribution in [2.45, 2.75) is 33.1 Å². The summed E-state index contributed by atoms with van der Waals surface area (Å²) < 4.78 is 13.2. The Labute approximate surface area is 118 Å². The van der Waals surface area contributed by atoms with Crippen molar-refractivity contribution < 1.29 is 9.18 Å². The molecule has 0 saturated heterocycles. The zero-order chi connectivity index (χ0) is 14.7. The summed E-state index contributed by atoms with van der Waals surface area (Å²) in [6, 6.07) is 4.37. The molecule has 1 aromatic carbocycles. The van der Waals surface area contributed by atoms with Gasteiger partial charge in [0.25, 0.3) is 5.91 Å². The number of carbonyl (C=O) groups is 1. The Hall–Kier alpha value is -1.75. The minimum atomic E-state index is -0.308. The quantitative estimate of drug-likeness (QED) is 0.899. The van der Waals surface area contributed by atoms with E-state index in [1.54, 1.807) is 13.0 Å². The van der Waals surface area contributed by atoms with Crippen molar-refractivity contribution in [1.29, 1.82) is 0 Å². The van der Waals surface area contributed by atoms with Gasteiger partial charge in [-0.1, -0.05) is 6.92 Å². The van der Waals surface area contributed by atoms with Gasteiger partial charge >= 0.3 is 0 Å². The molecule has 1 aliphatic heterocycles. The molecule has 0 radical (unpaired) electrons. The number of aryl methyl sites for hydroxylation is 1. The Morgan fingerprint density at radius 3 is 2.80 bits per heavy atom. The van der Waals surface area contributed by atoms with Crippen LogP contribution in [-0.2, 0) is 4.79 Å². The Morgan fingerprint density at radius 1 is 1.45 bits per heavy atom. The summed E-state index contributed by atoms with van der Waals surface area (Å²) in [7, 11) is 0. The Balaban J connectivity index is 2.29. The normalized spacial score (nSPS) is 18.6. The van der Waals surface area contributed by atoms with Gasteiger partial charge in [0.1, 0.15) is 5.82 Å². The lowest BCUT2D eigenvalue weighted by Gasteiger charge is -2.16. The van der Waals surface area contributed by atoms with Crippen LogP contribution >= 0.6 is 0 Å². The maximum Gasteiger partial charge on any atom is 0.256 e. The average molecular weight is 277 g/mol. The molecule has 0 spiro atoms. The van der Waals surface area contributed by atoms with Crippen LogP contribution in [-0.4, -0.2) is 18.2 Å². The summed E-state index contributed by atoms with van der Waals surface area (Å²) in [5.74, 6) is -0.532. The molecule has 2 rings (SSSR count). The van der Waals surface area contributed by atoms with Crippen LogP contribution in [0.4, 0.5) is 10.1 Å². The topological polar surface area (TPSA) is 58.7 Å². The number of anilines is 1. The number of benzene rings is 1. The zero-order valence-corrected chi connectivity index (χ0v) is 11.9. The van der Waals surface area contributed by atoms with Crippen molar-refractivity contribution >= 4 is 17.3 Å². The van der Waals surface area contributed by atoms with Gasteiger partial charge in [-0.25, -0.2) is 4.39 Å². The number of rotatable bonds is 5. The zero-order valence-electron chi connectivity index (χ0n) is 11.9. The van der Waals surface area contributed by atoms with Crippen LogP contribution in [0.5, 0.6) is 0 Å². The fourth-order valence-electron chi connectivity index (χ4n) is 2.50. The van der Waals surface area contributed by atoms with Gasteiger partial charge in [-0.15, -0.1) is 0 Å². The first-order chi connectivity index (χ1) is 9.58. The molecule has 4 nitrogen and oxygen atoms in total. The van der Waals surface area contributed by atoms with E-state index >= 15 is 0 Å². The van der Waals surface area contributed by atoms with Gasteiger partial charge in [0.2, 0.25) is 0 Å². The van der Waals surface area contributed by atoms with E-state index in [9.17, 15) is 9.18 Å². The molecule has 0 aliphatic carbocycles. The minimum Gasteiger partial charge on any atom is -0.330 e. The molecule has 1 heterocycles. The second-order valence-electron chi connectivity index (χ2n) is 5.01. The van der Waals surface area contributed by atoms with Crippen LogP contribution in [0.15, 0.2) is 23.3 Å². The minimum absolute atomic E-state index is 0.0370. The second-order valence-corrected chi connectivity index (χ2v) is 5.01. The predicted octanol–water partition coefficient (Wildman–Crippen LogP) is 2.60. The number of halogens is 1. The SMILES string of the molecule is CCC1=NN(c2ccc(F)cc2C)C(=O)C1CCCN. The Bertz CT molecular complexity index is 542. The standard InChI is InChI=1S/C15H20FN3O/c1-3-13-12(5-4-8-17)15(20)19(18-13)14-7-6-11(16)9-10(14)2/h6-7,9,12H,3-5,8,17H2,1-2H3. The molecule has 0 saturated carbocycles. The van der Waals surface area contributed by atoms with E-state index in [1.165, 1.54) is 17.1 Å². The van der Waals surface area contributed by atoms with Gasteiger partial charge in [0.15, 0.2) is 0 Å². The summed E-state index contributed by atoms with van der Waals surface area (Å²) in [4.78, 5) is 12.5. The van der Waals surface area contributed by atoms with Gasteiger partial charge in [0, 0.05) is 0 Å². The maximum atomic E-state index is 13.2. The molecular weight excluding hydrogens is 257 g/mol. The van der Waals surface area contributed by atoms with E-state index in [-0.39, 0.29) is 17.6 Å². The number of hydrogen-bond acceptors (Lipinski definition) is 3. The van der Waals surface area contributed by atoms with Crippen LogP contribution in [0, 0.1) is 18.7 Å². The van der Waals surface area contributed by atoms with Crippen molar-refractivity contribution in [2.24, 2.45) is 16.8 Å². The first-order valence-corrected chi connectivity index (χ1v) is 6.96. The number of nitrogens with zero attached hydrogens (tertiary/aromatic N) is 2. The highest BCUT2D eigenvalue weighted by Gasteiger charge is 2.35. The second kappa shape index (κ2) is 6.13. The summed E-state index contributed by atoms with van der Waals surface area (Å²) in [6.45, 7) is 4.33. The first-order valence-electron chi connectivity index (χ1n) is 6.96. The smallest absolute Gasteiger partial charge is 0.256 e. The highest BCUT2D eigenvalue weighted by Crippen LogP contribution is 2.30. The van der Waals surface area contributed by atoms with Crippen molar-refractivity contribution in [3.63, 3.8) is 0 Å². The van der Waals surface area contributed by atoms with Gasteiger partial charge in [-0.05, 0) is 56.5 Å². The molecule has 0 fully saturated rings. The Morgan fingerprint density at radius 2 is 2.20 bits per heavy atom. The molecule has 1 aromatic rings. The molecule has 108 valence electrons. The third-order valence-electron chi connectivity index (χ3n) is 3.58. The van der Waals surface area contributed by atoms with Crippen molar-refractivity contribution in [3.8, 4) is 0 Å². The molecule has 1 aliphatic rings. The van der Waals surface area contributed by atoms with Crippen LogP contribution in [0.3, 0.4) is 0 Å². The Kier molecular flexibility index (Phi) is 4.49. The van der Waals surface area contributed by atoms with Gasteiger partial charge in [-0.3, -0.25) is 4.79 Å². The predicted molar refractivity (Wildman–Crippen MR) is 78.1 cm³/mol. The lowest BCUT2D eigenvalue weighted by Crippen LogP contribution is -2.28. The molecule has 20 heavy (non-hydrogen) atoms. The number of nitrogens with two attached hydrogens (primary N) is 1. The number of amides is 1. The van der Waals surface area contributed by atoms with E-state index in [4.69, 9.17) is 5.73 Å². The molecule has 0 bridgehead atoms. The molecule has 5 heteroatoms. The molecule has 1 amide bonds. The number of hydrazone groups is 1. The van der Waals surface area contributed by atoms with E-state index < -0.39 is 0 Å². The van der Waals surface area contributed by atoms with Crippen molar-refractivity contribution in [1.82, 2.24) is 0 Å². The molecule has 1 atom stereocenters. The van der Waals surface area contributed by atoms with E-state index in [0.29, 0.717) is 17.8 Å². The monoisotopic (exact) mass is 277 g/mol. The van der Waals surface area contributed by atoms with E-state index in [2.05, 4.69) is 5.10 Å². The lowest BCUT2D eigenvalue weighted by molar-refractivity contribution is -0.119. The van der Waals surface area contributed by atoms with Gasteiger partial charge < -0.3 is 5.73 Å². The van der Waals surface area contributed by atoms with E-state index in [1.807, 2.05) is 6.92 Å². The van der Waals surface area contributed by atoms with Crippen molar-refractivity contribution in [2.75, 3.05) is 11.6 Å². The van der Waals surface area contributed by atoms with Gasteiger partial charge in [0.05, 0.1) is 17.3 Å². The molecule has 0 aromatic heterocycles. The highest BCUT2D eigenvalue weighted by atomic mass is 19.1. The van der Waals surface area contributed by atoms with Crippen LogP contribution in [0.2, 0.25) is 0 Å². The lowest BCUT2D eigenvalue weighted by atomic mass is 9.96.